The Kier molecular flexibility index (Phi) is 15.5. The molecule has 4 N–H and O–H groups in total. The largest absolute Gasteiger partial charge is 0.463 e. The summed E-state index contributed by atoms with van der Waals surface area (Å²) in [5.41, 5.74) is 0. The molecule has 4 aliphatic heterocycles. The van der Waals surface area contributed by atoms with Gasteiger partial charge in [0.15, 0.2) is 25.2 Å². The fourth-order valence-corrected chi connectivity index (χ4v) is 7.12. The number of esters is 1. The Morgan fingerprint density at radius 3 is 1.73 bits per heavy atom. The first-order valence-electron chi connectivity index (χ1n) is 17.3. The zero-order valence-corrected chi connectivity index (χ0v) is 30.5. The van der Waals surface area contributed by atoms with Gasteiger partial charge < -0.3 is 77.3 Å². The van der Waals surface area contributed by atoms with Gasteiger partial charge in [-0.2, -0.15) is 0 Å². The van der Waals surface area contributed by atoms with Crippen LogP contribution in [0.2, 0.25) is 0 Å². The van der Waals surface area contributed by atoms with E-state index in [1.54, 1.807) is 13.8 Å². The van der Waals surface area contributed by atoms with E-state index in [0.717, 1.165) is 0 Å². The van der Waals surface area contributed by atoms with Crippen molar-refractivity contribution in [3.05, 3.63) is 0 Å². The molecule has 0 bridgehead atoms. The molecule has 8 unspecified atom stereocenters. The van der Waals surface area contributed by atoms with Crippen LogP contribution in [0.5, 0.6) is 0 Å². The summed E-state index contributed by atoms with van der Waals surface area (Å²) in [6.07, 6.45) is -18.2. The lowest BCUT2D eigenvalue weighted by Gasteiger charge is -2.50. The van der Waals surface area contributed by atoms with E-state index < -0.39 is 117 Å². The third-order valence-electron chi connectivity index (χ3n) is 10.6. The molecular weight excluding hydrogens is 700 g/mol. The van der Waals surface area contributed by atoms with Gasteiger partial charge in [-0.15, -0.1) is 0 Å². The predicted molar refractivity (Wildman–Crippen MR) is 169 cm³/mol. The number of carbonyl (C=O) groups is 3. The quantitative estimate of drug-likeness (QED) is 0.0870. The van der Waals surface area contributed by atoms with Gasteiger partial charge in [-0.3, -0.25) is 14.4 Å². The normalized spacial score (nSPS) is 46.9. The van der Waals surface area contributed by atoms with Crippen molar-refractivity contribution < 1.29 is 91.7 Å². The highest BCUT2D eigenvalue weighted by Crippen LogP contribution is 2.41. The maximum Gasteiger partial charge on any atom is 0.302 e. The molecule has 4 aliphatic rings. The summed E-state index contributed by atoms with van der Waals surface area (Å²) < 4.78 is 68.9. The SMILES string of the molecule is COC1C(C)[C@H](O[C@@H]2C(CO)O[C@H](OC)C(O)[C@H]2O)O[C@@H](OC=O)[C@H]1O[C@H]1O[C@@H](COC(C)=O)[C@@H](O[C@@H]2OC(OC=O)[C@@H](C)[C@H](C)C2C)C(C)C1O. The van der Waals surface area contributed by atoms with Crippen LogP contribution in [-0.2, 0) is 71.2 Å². The molecule has 19 heteroatoms. The summed E-state index contributed by atoms with van der Waals surface area (Å²) in [6.45, 7) is 9.90. The van der Waals surface area contributed by atoms with E-state index >= 15 is 0 Å². The van der Waals surface area contributed by atoms with Crippen LogP contribution in [-0.4, -0.2) is 159 Å². The number of aliphatic hydroxyl groups is 4. The van der Waals surface area contributed by atoms with Crippen LogP contribution in [0, 0.1) is 29.6 Å². The topological polar surface area (TPSA) is 243 Å². The highest BCUT2D eigenvalue weighted by molar-refractivity contribution is 5.65. The Labute approximate surface area is 301 Å². The van der Waals surface area contributed by atoms with Crippen molar-refractivity contribution >= 4 is 18.9 Å². The predicted octanol–water partition coefficient (Wildman–Crippen LogP) is -1.22. The maximum atomic E-state index is 11.9. The van der Waals surface area contributed by atoms with E-state index in [1.807, 2.05) is 20.8 Å². The summed E-state index contributed by atoms with van der Waals surface area (Å²) in [5.74, 6) is -2.35. The Morgan fingerprint density at radius 1 is 0.577 bits per heavy atom. The van der Waals surface area contributed by atoms with Crippen LogP contribution in [0.15, 0.2) is 0 Å². The number of carbonyl (C=O) groups excluding carboxylic acids is 3. The molecule has 52 heavy (non-hydrogen) atoms. The smallest absolute Gasteiger partial charge is 0.302 e. The van der Waals surface area contributed by atoms with Gasteiger partial charge in [0.1, 0.15) is 49.3 Å². The van der Waals surface area contributed by atoms with Crippen LogP contribution < -0.4 is 0 Å². The van der Waals surface area contributed by atoms with Gasteiger partial charge in [-0.25, -0.2) is 0 Å². The first kappa shape index (κ1) is 42.6. The van der Waals surface area contributed by atoms with E-state index in [9.17, 15) is 34.8 Å². The van der Waals surface area contributed by atoms with E-state index in [-0.39, 0.29) is 30.8 Å². The Balaban J connectivity index is 1.54. The van der Waals surface area contributed by atoms with Crippen LogP contribution in [0.1, 0.15) is 41.5 Å². The number of hydrogen-bond acceptors (Lipinski definition) is 19. The number of rotatable bonds is 15. The fourth-order valence-electron chi connectivity index (χ4n) is 7.12. The summed E-state index contributed by atoms with van der Waals surface area (Å²) >= 11 is 0. The van der Waals surface area contributed by atoms with Crippen LogP contribution in [0.4, 0.5) is 0 Å². The molecule has 300 valence electrons. The Morgan fingerprint density at radius 2 is 1.13 bits per heavy atom. The highest BCUT2D eigenvalue weighted by Gasteiger charge is 2.55. The van der Waals surface area contributed by atoms with Gasteiger partial charge in [0.2, 0.25) is 12.6 Å². The van der Waals surface area contributed by atoms with Crippen molar-refractivity contribution in [2.45, 2.75) is 134 Å². The summed E-state index contributed by atoms with van der Waals surface area (Å²) in [5, 5.41) is 42.8. The van der Waals surface area contributed by atoms with Gasteiger partial charge in [-0.1, -0.05) is 34.6 Å². The standard InChI is InChI=1S/C33H54O19/c1-13-14(2)28(44-11-35)51-29(15(13)3)48-24-16(4)21(38)32(47-20(24)10-43-18(6)37)50-27-25(41-7)17(5)30(52-33(27)45-12-36)49-26-19(9-34)46-31(42-8)23(40)22(26)39/h11-17,19-34,38-40H,9-10H2,1-8H3/t13-,14-,15?,16?,17?,19?,20-,21?,22+,23?,24-,25?,26+,27-,28?,29+,30+,31-,32+,33+/m0/s1. The van der Waals surface area contributed by atoms with Gasteiger partial charge >= 0.3 is 5.97 Å². The summed E-state index contributed by atoms with van der Waals surface area (Å²) in [6, 6.07) is 0. The second kappa shape index (κ2) is 19.0. The Bertz CT molecular complexity index is 1140. The number of methoxy groups -OCH3 is 2. The molecular formula is C33H54O19. The summed E-state index contributed by atoms with van der Waals surface area (Å²) in [4.78, 5) is 34.7. The number of aliphatic hydroxyl groups excluding tert-OH is 4. The molecule has 20 atom stereocenters. The maximum absolute atomic E-state index is 11.9. The first-order valence-corrected chi connectivity index (χ1v) is 17.3. The van der Waals surface area contributed by atoms with Gasteiger partial charge in [0, 0.05) is 44.8 Å². The lowest BCUT2D eigenvalue weighted by Crippen LogP contribution is -2.64. The zero-order chi connectivity index (χ0) is 38.4. The van der Waals surface area contributed by atoms with Crippen molar-refractivity contribution in [1.82, 2.24) is 0 Å². The second-order valence-corrected chi connectivity index (χ2v) is 13.8. The van der Waals surface area contributed by atoms with Gasteiger partial charge in [0.25, 0.3) is 12.9 Å². The van der Waals surface area contributed by atoms with Crippen molar-refractivity contribution in [3.63, 3.8) is 0 Å². The molecule has 19 nitrogen and oxygen atoms in total. The minimum atomic E-state index is -1.57. The zero-order valence-electron chi connectivity index (χ0n) is 30.5. The molecule has 0 saturated carbocycles. The van der Waals surface area contributed by atoms with Crippen molar-refractivity contribution in [3.8, 4) is 0 Å². The lowest BCUT2D eigenvalue weighted by atomic mass is 9.81. The molecule has 0 amide bonds. The molecule has 4 rings (SSSR count). The van der Waals surface area contributed by atoms with Gasteiger partial charge in [0.05, 0.1) is 18.8 Å². The Hall–Kier alpha value is -2.11. The molecule has 0 aromatic rings. The highest BCUT2D eigenvalue weighted by atomic mass is 16.8. The molecule has 0 aromatic heterocycles. The first-order chi connectivity index (χ1) is 24.7. The monoisotopic (exact) mass is 754 g/mol. The molecule has 0 spiro atoms. The van der Waals surface area contributed by atoms with Crippen LogP contribution in [0.3, 0.4) is 0 Å². The molecule has 0 radical (unpaired) electrons. The summed E-state index contributed by atoms with van der Waals surface area (Å²) in [7, 11) is 2.63. The average molecular weight is 755 g/mol. The minimum Gasteiger partial charge on any atom is -0.463 e. The van der Waals surface area contributed by atoms with E-state index in [0.29, 0.717) is 6.47 Å². The second-order valence-electron chi connectivity index (χ2n) is 13.8. The third kappa shape index (κ3) is 9.22. The number of hydrogen-bond donors (Lipinski definition) is 4. The van der Waals surface area contributed by atoms with Gasteiger partial charge in [-0.05, 0) is 5.92 Å². The fraction of sp³-hybridized carbons (Fsp3) is 0.909. The lowest BCUT2D eigenvalue weighted by molar-refractivity contribution is -0.397. The molecule has 0 aromatic carbocycles. The average Bonchev–Trinajstić information content (AvgIpc) is 3.12. The van der Waals surface area contributed by atoms with Crippen LogP contribution >= 0.6 is 0 Å². The molecule has 4 heterocycles. The molecule has 4 saturated heterocycles. The van der Waals surface area contributed by atoms with Crippen molar-refractivity contribution in [2.24, 2.45) is 29.6 Å². The van der Waals surface area contributed by atoms with E-state index in [2.05, 4.69) is 0 Å². The number of ether oxygens (including phenoxy) is 12. The van der Waals surface area contributed by atoms with Crippen molar-refractivity contribution in [2.75, 3.05) is 27.4 Å². The van der Waals surface area contributed by atoms with Crippen molar-refractivity contribution in [1.29, 1.82) is 0 Å². The third-order valence-corrected chi connectivity index (χ3v) is 10.6. The van der Waals surface area contributed by atoms with Crippen LogP contribution in [0.25, 0.3) is 0 Å². The minimum absolute atomic E-state index is 0.00837. The van der Waals surface area contributed by atoms with E-state index in [4.69, 9.17) is 56.8 Å². The molecule has 4 fully saturated rings. The molecule has 0 aliphatic carbocycles. The van der Waals surface area contributed by atoms with E-state index in [1.165, 1.54) is 21.1 Å².